The molecule has 0 amide bonds. The van der Waals surface area contributed by atoms with Crippen LogP contribution in [0.15, 0.2) is 24.0 Å². The fourth-order valence-corrected chi connectivity index (χ4v) is 4.53. The molecule has 0 aromatic heterocycles. The van der Waals surface area contributed by atoms with Crippen LogP contribution in [0.25, 0.3) is 0 Å². The van der Waals surface area contributed by atoms with Crippen molar-refractivity contribution in [1.82, 2.24) is 0 Å². The van der Waals surface area contributed by atoms with Gasteiger partial charge in [-0.3, -0.25) is 0 Å². The lowest BCUT2D eigenvalue weighted by Crippen LogP contribution is -2.38. The lowest BCUT2D eigenvalue weighted by molar-refractivity contribution is -0.224. The number of alkyl halides is 2. The van der Waals surface area contributed by atoms with Gasteiger partial charge in [0, 0.05) is 15.0 Å². The Morgan fingerprint density at radius 1 is 0.929 bits per heavy atom. The largest absolute Gasteiger partial charge is 0.504 e. The summed E-state index contributed by atoms with van der Waals surface area (Å²) >= 11 is 0. The van der Waals surface area contributed by atoms with Crippen molar-refractivity contribution in [3.8, 4) is 5.75 Å². The highest BCUT2D eigenvalue weighted by Crippen LogP contribution is 2.45. The molecule has 160 valence electrons. The Morgan fingerprint density at radius 3 is 2.00 bits per heavy atom. The maximum absolute atomic E-state index is 14.5. The first-order chi connectivity index (χ1) is 13.3. The minimum Gasteiger partial charge on any atom is -0.504 e. The first kappa shape index (κ1) is 20.9. The van der Waals surface area contributed by atoms with Gasteiger partial charge >= 0.3 is 6.11 Å². The normalized spacial score (nSPS) is 26.1. The van der Waals surface area contributed by atoms with Gasteiger partial charge in [0.1, 0.15) is 5.75 Å². The zero-order valence-electron chi connectivity index (χ0n) is 15.8. The van der Waals surface area contributed by atoms with Crippen molar-refractivity contribution >= 4 is 0 Å². The van der Waals surface area contributed by atoms with E-state index in [1.54, 1.807) is 13.4 Å². The first-order valence-electron chi connectivity index (χ1n) is 9.72. The Bertz CT molecular complexity index is 688. The summed E-state index contributed by atoms with van der Waals surface area (Å²) in [7, 11) is 1.64. The Hall–Kier alpha value is -1.79. The van der Waals surface area contributed by atoms with Crippen molar-refractivity contribution in [2.75, 3.05) is 7.11 Å². The summed E-state index contributed by atoms with van der Waals surface area (Å²) in [5.41, 5.74) is 1.30. The second-order valence-corrected chi connectivity index (χ2v) is 7.83. The van der Waals surface area contributed by atoms with E-state index in [1.807, 2.05) is 0 Å². The molecule has 2 aliphatic carbocycles. The Morgan fingerprint density at radius 2 is 1.46 bits per heavy atom. The molecule has 0 saturated heterocycles. The standard InChI is InChI=1S/C21H25F5O2.2H2/c1-27-12-13-2-4-14(5-3-13)15-6-8-16(9-7-15)21(25,26)28-17-10-18(22)20(24)19(23)11-17;;/h10-12,14-16H,2-9H2,1H3;2*1H. The van der Waals surface area contributed by atoms with E-state index in [2.05, 4.69) is 4.74 Å². The molecular formula is C21H29F5O2. The number of allylic oxidation sites excluding steroid dienone is 1. The van der Waals surface area contributed by atoms with Crippen molar-refractivity contribution in [3.63, 3.8) is 0 Å². The summed E-state index contributed by atoms with van der Waals surface area (Å²) in [6.45, 7) is 0. The predicted molar refractivity (Wildman–Crippen MR) is 98.6 cm³/mol. The molecule has 1 aromatic rings. The number of hydrogen-bond donors (Lipinski definition) is 0. The fraction of sp³-hybridized carbons (Fsp3) is 0.619. The number of methoxy groups -OCH3 is 1. The summed E-state index contributed by atoms with van der Waals surface area (Å²) in [6.07, 6.45) is 4.26. The molecule has 2 fully saturated rings. The van der Waals surface area contributed by atoms with E-state index in [4.69, 9.17) is 4.74 Å². The quantitative estimate of drug-likeness (QED) is 0.294. The number of halogens is 5. The van der Waals surface area contributed by atoms with E-state index >= 15 is 0 Å². The van der Waals surface area contributed by atoms with Gasteiger partial charge in [-0.1, -0.05) is 0 Å². The van der Waals surface area contributed by atoms with Gasteiger partial charge in [-0.2, -0.15) is 8.78 Å². The van der Waals surface area contributed by atoms with Gasteiger partial charge in [0.15, 0.2) is 17.5 Å². The van der Waals surface area contributed by atoms with Gasteiger partial charge in [-0.25, -0.2) is 13.2 Å². The summed E-state index contributed by atoms with van der Waals surface area (Å²) in [5.74, 6) is -5.57. The van der Waals surface area contributed by atoms with Crippen LogP contribution >= 0.6 is 0 Å². The topological polar surface area (TPSA) is 18.5 Å². The third kappa shape index (κ3) is 4.78. The van der Waals surface area contributed by atoms with Crippen LogP contribution in [-0.4, -0.2) is 13.2 Å². The van der Waals surface area contributed by atoms with Gasteiger partial charge < -0.3 is 9.47 Å². The Balaban J connectivity index is 0.00000225. The summed E-state index contributed by atoms with van der Waals surface area (Å²) in [4.78, 5) is 0. The van der Waals surface area contributed by atoms with Crippen molar-refractivity contribution in [2.45, 2.75) is 57.5 Å². The maximum Gasteiger partial charge on any atom is 0.400 e. The number of benzene rings is 1. The first-order valence-corrected chi connectivity index (χ1v) is 9.72. The smallest absolute Gasteiger partial charge is 0.400 e. The molecule has 2 nitrogen and oxygen atoms in total. The molecule has 2 saturated carbocycles. The van der Waals surface area contributed by atoms with Crippen LogP contribution in [0, 0.1) is 35.2 Å². The van der Waals surface area contributed by atoms with Crippen LogP contribution in [-0.2, 0) is 4.74 Å². The molecule has 0 radical (unpaired) electrons. The molecule has 2 aliphatic rings. The monoisotopic (exact) mass is 408 g/mol. The van der Waals surface area contributed by atoms with Gasteiger partial charge in [-0.05, 0) is 68.8 Å². The van der Waals surface area contributed by atoms with Crippen LogP contribution in [0.2, 0.25) is 0 Å². The third-order valence-corrected chi connectivity index (χ3v) is 6.08. The number of hydrogen-bond acceptors (Lipinski definition) is 2. The molecule has 1 aromatic carbocycles. The van der Waals surface area contributed by atoms with Gasteiger partial charge in [0.2, 0.25) is 0 Å². The summed E-state index contributed by atoms with van der Waals surface area (Å²) in [5, 5.41) is 0. The second-order valence-electron chi connectivity index (χ2n) is 7.83. The van der Waals surface area contributed by atoms with E-state index in [0.717, 1.165) is 25.7 Å². The molecule has 0 bridgehead atoms. The Labute approximate surface area is 164 Å². The average molecular weight is 408 g/mol. The predicted octanol–water partition coefficient (Wildman–Crippen LogP) is 7.09. The zero-order chi connectivity index (χ0) is 20.3. The minimum atomic E-state index is -3.55. The molecule has 3 rings (SSSR count). The molecule has 0 unspecified atom stereocenters. The van der Waals surface area contributed by atoms with E-state index in [0.29, 0.717) is 49.7 Å². The number of rotatable bonds is 5. The molecule has 28 heavy (non-hydrogen) atoms. The molecule has 0 spiro atoms. The highest BCUT2D eigenvalue weighted by atomic mass is 19.3. The van der Waals surface area contributed by atoms with Gasteiger partial charge in [0.05, 0.1) is 19.3 Å². The molecule has 7 heteroatoms. The fourth-order valence-electron chi connectivity index (χ4n) is 4.53. The van der Waals surface area contributed by atoms with Crippen LogP contribution in [0.1, 0.15) is 54.2 Å². The SMILES string of the molecule is COC=C1CCC(C2CCC(C(F)(F)Oc3cc(F)c(F)c(F)c3)CC2)CC1.[HH].[HH]. The van der Waals surface area contributed by atoms with E-state index in [-0.39, 0.29) is 2.85 Å². The Kier molecular flexibility index (Phi) is 6.50. The van der Waals surface area contributed by atoms with Crippen molar-refractivity contribution < 1.29 is 34.3 Å². The van der Waals surface area contributed by atoms with Crippen LogP contribution in [0.4, 0.5) is 22.0 Å². The summed E-state index contributed by atoms with van der Waals surface area (Å²) in [6, 6.07) is 0.899. The van der Waals surface area contributed by atoms with Crippen LogP contribution in [0.5, 0.6) is 5.75 Å². The second kappa shape index (κ2) is 8.70. The molecule has 0 aliphatic heterocycles. The molecule has 0 atom stereocenters. The lowest BCUT2D eigenvalue weighted by Gasteiger charge is -2.38. The van der Waals surface area contributed by atoms with Crippen LogP contribution in [0.3, 0.4) is 0 Å². The van der Waals surface area contributed by atoms with E-state index < -0.39 is 35.2 Å². The number of ether oxygens (including phenoxy) is 2. The maximum atomic E-state index is 14.5. The van der Waals surface area contributed by atoms with E-state index in [1.165, 1.54) is 5.57 Å². The lowest BCUT2D eigenvalue weighted by atomic mass is 9.70. The minimum absolute atomic E-state index is 0. The van der Waals surface area contributed by atoms with Gasteiger partial charge in [0.25, 0.3) is 0 Å². The molecule has 0 N–H and O–H groups in total. The van der Waals surface area contributed by atoms with E-state index in [9.17, 15) is 22.0 Å². The van der Waals surface area contributed by atoms with Crippen molar-refractivity contribution in [3.05, 3.63) is 41.4 Å². The highest BCUT2D eigenvalue weighted by molar-refractivity contribution is 5.25. The average Bonchev–Trinajstić information content (AvgIpc) is 2.67. The van der Waals surface area contributed by atoms with Crippen LogP contribution < -0.4 is 4.74 Å². The molecule has 0 heterocycles. The zero-order valence-corrected chi connectivity index (χ0v) is 15.8. The van der Waals surface area contributed by atoms with Crippen molar-refractivity contribution in [1.29, 1.82) is 0 Å². The highest BCUT2D eigenvalue weighted by Gasteiger charge is 2.45. The third-order valence-electron chi connectivity index (χ3n) is 6.08. The van der Waals surface area contributed by atoms with Crippen molar-refractivity contribution in [2.24, 2.45) is 17.8 Å². The molecular weight excluding hydrogens is 379 g/mol. The van der Waals surface area contributed by atoms with Gasteiger partial charge in [-0.15, -0.1) is 0 Å². The summed E-state index contributed by atoms with van der Waals surface area (Å²) < 4.78 is 78.1.